The molecule has 1 aromatic heterocycles. The summed E-state index contributed by atoms with van der Waals surface area (Å²) in [6.07, 6.45) is 1.73. The number of hydrogen-bond acceptors (Lipinski definition) is 3. The molecule has 4 heteroatoms. The lowest BCUT2D eigenvalue weighted by Crippen LogP contribution is -2.27. The molecule has 0 aliphatic rings. The van der Waals surface area contributed by atoms with Crippen molar-refractivity contribution in [2.45, 2.75) is 13.0 Å². The molecule has 2 rings (SSSR count). The summed E-state index contributed by atoms with van der Waals surface area (Å²) in [7, 11) is 0. The fourth-order valence-electron chi connectivity index (χ4n) is 1.59. The van der Waals surface area contributed by atoms with Gasteiger partial charge in [0.25, 0.3) is 5.91 Å². The van der Waals surface area contributed by atoms with Crippen LogP contribution < -0.4 is 5.32 Å². The first kappa shape index (κ1) is 12.3. The lowest BCUT2D eigenvalue weighted by molar-refractivity contribution is -0.116. The Kier molecular flexibility index (Phi) is 4.11. The van der Waals surface area contributed by atoms with E-state index in [2.05, 4.69) is 22.1 Å². The zero-order chi connectivity index (χ0) is 12.8. The summed E-state index contributed by atoms with van der Waals surface area (Å²) in [5, 5.41) is 5.62. The lowest BCUT2D eigenvalue weighted by atomic mass is 10.1. The molecule has 0 saturated carbocycles. The van der Waals surface area contributed by atoms with Crippen molar-refractivity contribution in [1.29, 1.82) is 0 Å². The molecule has 1 amide bonds. The molecule has 1 unspecified atom stereocenters. The maximum atomic E-state index is 11.6. The van der Waals surface area contributed by atoms with Crippen LogP contribution in [0.1, 0.15) is 23.5 Å². The van der Waals surface area contributed by atoms with Crippen LogP contribution in [0.3, 0.4) is 0 Å². The Morgan fingerprint density at radius 3 is 2.78 bits per heavy atom. The SMILES string of the molecule is CC#CC(=O)NC(c1ccccc1)c1nccs1. The molecule has 3 nitrogen and oxygen atoms in total. The van der Waals surface area contributed by atoms with Crippen LogP contribution in [-0.4, -0.2) is 10.9 Å². The number of thiazole rings is 1. The minimum Gasteiger partial charge on any atom is -0.332 e. The summed E-state index contributed by atoms with van der Waals surface area (Å²) in [6, 6.07) is 9.51. The maximum absolute atomic E-state index is 11.6. The van der Waals surface area contributed by atoms with Gasteiger partial charge in [-0.1, -0.05) is 36.3 Å². The van der Waals surface area contributed by atoms with Crippen LogP contribution in [0.15, 0.2) is 41.9 Å². The third kappa shape index (κ3) is 2.96. The molecule has 0 radical (unpaired) electrons. The number of hydrogen-bond donors (Lipinski definition) is 1. The standard InChI is InChI=1S/C14H12N2OS/c1-2-6-12(17)16-13(14-15-9-10-18-14)11-7-4-3-5-8-11/h3-5,7-10,13H,1H3,(H,16,17). The van der Waals surface area contributed by atoms with E-state index in [4.69, 9.17) is 0 Å². The Labute approximate surface area is 110 Å². The summed E-state index contributed by atoms with van der Waals surface area (Å²) < 4.78 is 0. The van der Waals surface area contributed by atoms with Gasteiger partial charge >= 0.3 is 0 Å². The van der Waals surface area contributed by atoms with Crippen LogP contribution in [0, 0.1) is 11.8 Å². The fourth-order valence-corrected chi connectivity index (χ4v) is 2.30. The summed E-state index contributed by atoms with van der Waals surface area (Å²) in [6.45, 7) is 1.64. The number of rotatable bonds is 3. The van der Waals surface area contributed by atoms with E-state index >= 15 is 0 Å². The monoisotopic (exact) mass is 256 g/mol. The highest BCUT2D eigenvalue weighted by Crippen LogP contribution is 2.23. The highest BCUT2D eigenvalue weighted by molar-refractivity contribution is 7.09. The summed E-state index contributed by atoms with van der Waals surface area (Å²) in [5.41, 5.74) is 0.999. The predicted molar refractivity (Wildman–Crippen MR) is 72.0 cm³/mol. The van der Waals surface area contributed by atoms with Crippen molar-refractivity contribution in [3.63, 3.8) is 0 Å². The number of benzene rings is 1. The molecule has 90 valence electrons. The van der Waals surface area contributed by atoms with Crippen molar-refractivity contribution in [2.75, 3.05) is 0 Å². The molecule has 0 aliphatic carbocycles. The molecule has 0 saturated heterocycles. The Morgan fingerprint density at radius 1 is 1.39 bits per heavy atom. The number of aromatic nitrogens is 1. The molecular formula is C14H12N2OS. The van der Waals surface area contributed by atoms with Crippen molar-refractivity contribution in [3.05, 3.63) is 52.5 Å². The van der Waals surface area contributed by atoms with E-state index < -0.39 is 0 Å². The van der Waals surface area contributed by atoms with Gasteiger partial charge in [0.15, 0.2) is 0 Å². The second-order valence-corrected chi connectivity index (χ2v) is 4.49. The Bertz CT molecular complexity index is 567. The van der Waals surface area contributed by atoms with Crippen LogP contribution in [0.2, 0.25) is 0 Å². The molecule has 0 fully saturated rings. The Balaban J connectivity index is 2.29. The number of nitrogens with zero attached hydrogens (tertiary/aromatic N) is 1. The van der Waals surface area contributed by atoms with Gasteiger partial charge in [0.05, 0.1) is 0 Å². The molecule has 1 N–H and O–H groups in total. The molecule has 0 aliphatic heterocycles. The van der Waals surface area contributed by atoms with E-state index in [-0.39, 0.29) is 11.9 Å². The molecule has 1 atom stereocenters. The number of carbonyl (C=O) groups is 1. The quantitative estimate of drug-likeness (QED) is 0.857. The molecular weight excluding hydrogens is 244 g/mol. The third-order valence-electron chi connectivity index (χ3n) is 2.35. The smallest absolute Gasteiger partial charge is 0.296 e. The van der Waals surface area contributed by atoms with Gasteiger partial charge in [-0.25, -0.2) is 4.98 Å². The van der Waals surface area contributed by atoms with Crippen LogP contribution in [0.4, 0.5) is 0 Å². The molecule has 0 spiro atoms. The highest BCUT2D eigenvalue weighted by atomic mass is 32.1. The molecule has 18 heavy (non-hydrogen) atoms. The number of nitrogens with one attached hydrogen (secondary N) is 1. The van der Waals surface area contributed by atoms with E-state index in [1.807, 2.05) is 35.7 Å². The summed E-state index contributed by atoms with van der Waals surface area (Å²) in [5.74, 6) is 4.78. The first-order valence-electron chi connectivity index (χ1n) is 5.49. The van der Waals surface area contributed by atoms with E-state index in [0.717, 1.165) is 10.6 Å². The van der Waals surface area contributed by atoms with Gasteiger partial charge in [0, 0.05) is 11.6 Å². The van der Waals surface area contributed by atoms with E-state index in [1.54, 1.807) is 13.1 Å². The Morgan fingerprint density at radius 2 is 2.17 bits per heavy atom. The minimum atomic E-state index is -0.290. The van der Waals surface area contributed by atoms with Crippen molar-refractivity contribution >= 4 is 17.2 Å². The number of carbonyl (C=O) groups excluding carboxylic acids is 1. The largest absolute Gasteiger partial charge is 0.332 e. The highest BCUT2D eigenvalue weighted by Gasteiger charge is 2.17. The van der Waals surface area contributed by atoms with Crippen molar-refractivity contribution in [2.24, 2.45) is 0 Å². The van der Waals surface area contributed by atoms with E-state index in [1.165, 1.54) is 11.3 Å². The average molecular weight is 256 g/mol. The molecule has 1 aromatic carbocycles. The predicted octanol–water partition coefficient (Wildman–Crippen LogP) is 2.37. The van der Waals surface area contributed by atoms with Crippen molar-refractivity contribution in [3.8, 4) is 11.8 Å². The van der Waals surface area contributed by atoms with Crippen molar-refractivity contribution < 1.29 is 4.79 Å². The average Bonchev–Trinajstić information content (AvgIpc) is 2.91. The topological polar surface area (TPSA) is 42.0 Å². The van der Waals surface area contributed by atoms with Crippen molar-refractivity contribution in [1.82, 2.24) is 10.3 Å². The molecule has 1 heterocycles. The Hall–Kier alpha value is -2.12. The van der Waals surface area contributed by atoms with E-state index in [0.29, 0.717) is 0 Å². The third-order valence-corrected chi connectivity index (χ3v) is 3.19. The van der Waals surface area contributed by atoms with Crippen LogP contribution in [-0.2, 0) is 4.79 Å². The molecule has 2 aromatic rings. The fraction of sp³-hybridized carbons (Fsp3) is 0.143. The first-order chi connectivity index (χ1) is 8.81. The van der Waals surface area contributed by atoms with Gasteiger partial charge in [0.1, 0.15) is 11.0 Å². The van der Waals surface area contributed by atoms with Crippen LogP contribution >= 0.6 is 11.3 Å². The zero-order valence-corrected chi connectivity index (χ0v) is 10.7. The minimum absolute atomic E-state index is 0.237. The van der Waals surface area contributed by atoms with Gasteiger partial charge in [-0.2, -0.15) is 0 Å². The second-order valence-electron chi connectivity index (χ2n) is 3.56. The van der Waals surface area contributed by atoms with E-state index in [9.17, 15) is 4.79 Å². The van der Waals surface area contributed by atoms with Crippen LogP contribution in [0.25, 0.3) is 0 Å². The maximum Gasteiger partial charge on any atom is 0.296 e. The summed E-state index contributed by atoms with van der Waals surface area (Å²) >= 11 is 1.51. The zero-order valence-electron chi connectivity index (χ0n) is 9.88. The summed E-state index contributed by atoms with van der Waals surface area (Å²) in [4.78, 5) is 15.9. The first-order valence-corrected chi connectivity index (χ1v) is 6.37. The second kappa shape index (κ2) is 5.99. The molecule has 0 bridgehead atoms. The lowest BCUT2D eigenvalue weighted by Gasteiger charge is -2.15. The van der Waals surface area contributed by atoms with Gasteiger partial charge in [-0.05, 0) is 18.4 Å². The van der Waals surface area contributed by atoms with Crippen LogP contribution in [0.5, 0.6) is 0 Å². The number of amides is 1. The van der Waals surface area contributed by atoms with Gasteiger partial charge in [-0.15, -0.1) is 11.3 Å². The van der Waals surface area contributed by atoms with Gasteiger partial charge in [0.2, 0.25) is 0 Å². The van der Waals surface area contributed by atoms with Gasteiger partial charge < -0.3 is 5.32 Å². The normalized spacial score (nSPS) is 11.2. The van der Waals surface area contributed by atoms with Gasteiger partial charge in [-0.3, -0.25) is 4.79 Å².